The SMILES string of the molecule is CN(C)C(c1cccc(F)c1)C1CCC(C(c2nc(Cc3ccccc3)c(N3CCOCC3)o2)N2CCOCC2)CC1. The Bertz CT molecular complexity index is 1260. The Hall–Kier alpha value is -2.78. The highest BCUT2D eigenvalue weighted by Gasteiger charge is 2.39. The number of ether oxygens (including phenoxy) is 2. The van der Waals surface area contributed by atoms with Crippen molar-refractivity contribution in [1.29, 1.82) is 0 Å². The number of aromatic nitrogens is 1. The lowest BCUT2D eigenvalue weighted by molar-refractivity contribution is -0.0152. The van der Waals surface area contributed by atoms with Crippen molar-refractivity contribution in [3.63, 3.8) is 0 Å². The van der Waals surface area contributed by atoms with Gasteiger partial charge in [0.25, 0.3) is 0 Å². The van der Waals surface area contributed by atoms with Gasteiger partial charge in [0, 0.05) is 38.6 Å². The molecule has 3 heterocycles. The first-order valence-electron chi connectivity index (χ1n) is 15.7. The van der Waals surface area contributed by atoms with Crippen LogP contribution in [0.1, 0.15) is 60.5 Å². The summed E-state index contributed by atoms with van der Waals surface area (Å²) < 4.78 is 32.4. The minimum atomic E-state index is -0.160. The number of nitrogens with zero attached hydrogens (tertiary/aromatic N) is 4. The molecular weight excluding hydrogens is 531 g/mol. The Balaban J connectivity index is 1.27. The molecule has 1 aromatic heterocycles. The predicted molar refractivity (Wildman–Crippen MR) is 162 cm³/mol. The van der Waals surface area contributed by atoms with Gasteiger partial charge in [0.15, 0.2) is 0 Å². The molecule has 0 radical (unpaired) electrons. The first-order chi connectivity index (χ1) is 20.6. The Kier molecular flexibility index (Phi) is 9.54. The van der Waals surface area contributed by atoms with Gasteiger partial charge in [-0.05, 0) is 74.9 Å². The molecule has 2 aliphatic heterocycles. The second-order valence-electron chi connectivity index (χ2n) is 12.3. The third-order valence-corrected chi connectivity index (χ3v) is 9.35. The minimum Gasteiger partial charge on any atom is -0.423 e. The van der Waals surface area contributed by atoms with Crippen molar-refractivity contribution < 1.29 is 18.3 Å². The average molecular weight is 577 g/mol. The summed E-state index contributed by atoms with van der Waals surface area (Å²) in [7, 11) is 4.23. The smallest absolute Gasteiger partial charge is 0.220 e. The molecule has 0 spiro atoms. The van der Waals surface area contributed by atoms with E-state index in [0.29, 0.717) is 25.0 Å². The summed E-state index contributed by atoms with van der Waals surface area (Å²) in [6.07, 6.45) is 5.13. The van der Waals surface area contributed by atoms with Crippen LogP contribution in [-0.2, 0) is 15.9 Å². The summed E-state index contributed by atoms with van der Waals surface area (Å²) in [5.74, 6) is 2.51. The number of morpholine rings is 2. The van der Waals surface area contributed by atoms with Gasteiger partial charge < -0.3 is 23.7 Å². The number of anilines is 1. The summed E-state index contributed by atoms with van der Waals surface area (Å²) in [5, 5.41) is 0. The fourth-order valence-electron chi connectivity index (χ4n) is 7.38. The molecule has 3 aromatic rings. The molecular formula is C34H45FN4O3. The van der Waals surface area contributed by atoms with Gasteiger partial charge in [-0.2, -0.15) is 0 Å². The summed E-state index contributed by atoms with van der Waals surface area (Å²) >= 11 is 0. The quantitative estimate of drug-likeness (QED) is 0.323. The largest absolute Gasteiger partial charge is 0.423 e. The highest BCUT2D eigenvalue weighted by Crippen LogP contribution is 2.45. The van der Waals surface area contributed by atoms with Crippen molar-refractivity contribution in [1.82, 2.24) is 14.8 Å². The van der Waals surface area contributed by atoms with Crippen LogP contribution in [0, 0.1) is 17.7 Å². The van der Waals surface area contributed by atoms with Gasteiger partial charge in [-0.15, -0.1) is 0 Å². The van der Waals surface area contributed by atoms with E-state index < -0.39 is 0 Å². The summed E-state index contributed by atoms with van der Waals surface area (Å²) in [6, 6.07) is 18.0. The van der Waals surface area contributed by atoms with Crippen LogP contribution in [0.4, 0.5) is 10.3 Å². The Morgan fingerprint density at radius 3 is 2.19 bits per heavy atom. The third-order valence-electron chi connectivity index (χ3n) is 9.35. The maximum atomic E-state index is 14.2. The maximum absolute atomic E-state index is 14.2. The minimum absolute atomic E-state index is 0.117. The first kappa shape index (κ1) is 29.3. The second kappa shape index (κ2) is 13.7. The van der Waals surface area contributed by atoms with Crippen LogP contribution in [-0.4, -0.2) is 81.5 Å². The van der Waals surface area contributed by atoms with E-state index in [4.69, 9.17) is 18.9 Å². The highest BCUT2D eigenvalue weighted by atomic mass is 19.1. The molecule has 1 aliphatic carbocycles. The van der Waals surface area contributed by atoms with Crippen LogP contribution in [0.3, 0.4) is 0 Å². The lowest BCUT2D eigenvalue weighted by Gasteiger charge is -2.42. The van der Waals surface area contributed by atoms with Gasteiger partial charge >= 0.3 is 0 Å². The first-order valence-corrected chi connectivity index (χ1v) is 15.7. The molecule has 2 aromatic carbocycles. The molecule has 0 amide bonds. The van der Waals surface area contributed by atoms with E-state index in [-0.39, 0.29) is 17.9 Å². The Morgan fingerprint density at radius 1 is 0.857 bits per heavy atom. The number of oxazole rings is 1. The fourth-order valence-corrected chi connectivity index (χ4v) is 7.38. The molecule has 6 rings (SSSR count). The molecule has 0 N–H and O–H groups in total. The van der Waals surface area contributed by atoms with Gasteiger partial charge in [0.1, 0.15) is 11.5 Å². The van der Waals surface area contributed by atoms with Crippen molar-refractivity contribution in [2.24, 2.45) is 11.8 Å². The van der Waals surface area contributed by atoms with Gasteiger partial charge in [0.2, 0.25) is 11.8 Å². The molecule has 7 nitrogen and oxygen atoms in total. The standard InChI is InChI=1S/C34H45FN4O3/c1-37(2)31(28-9-6-10-29(35)24-28)26-11-13-27(14-12-26)32(38-15-19-40-20-16-38)33-36-30(23-25-7-4-3-5-8-25)34(42-33)39-17-21-41-22-18-39/h3-10,24,26-27,31-32H,11-23H2,1-2H3. The molecule has 8 heteroatoms. The van der Waals surface area contributed by atoms with Crippen LogP contribution in [0.15, 0.2) is 59.0 Å². The van der Waals surface area contributed by atoms with Gasteiger partial charge in [-0.3, -0.25) is 4.90 Å². The number of benzene rings is 2. The Labute approximate surface area is 249 Å². The van der Waals surface area contributed by atoms with Crippen molar-refractivity contribution >= 4 is 5.88 Å². The normalized spacial score (nSPS) is 23.7. The third kappa shape index (κ3) is 6.72. The second-order valence-corrected chi connectivity index (χ2v) is 12.3. The molecule has 2 saturated heterocycles. The summed E-state index contributed by atoms with van der Waals surface area (Å²) in [6.45, 7) is 6.29. The van der Waals surface area contributed by atoms with Crippen molar-refractivity contribution in [3.05, 3.63) is 83.1 Å². The lowest BCUT2D eigenvalue weighted by Crippen LogP contribution is -2.43. The predicted octanol–water partition coefficient (Wildman–Crippen LogP) is 5.72. The topological polar surface area (TPSA) is 54.2 Å². The average Bonchev–Trinajstić information content (AvgIpc) is 3.42. The zero-order chi connectivity index (χ0) is 28.9. The molecule has 2 atom stereocenters. The van der Waals surface area contributed by atoms with Crippen LogP contribution < -0.4 is 4.90 Å². The zero-order valence-electron chi connectivity index (χ0n) is 25.1. The lowest BCUT2D eigenvalue weighted by atomic mass is 9.73. The van der Waals surface area contributed by atoms with Crippen LogP contribution in [0.25, 0.3) is 0 Å². The summed E-state index contributed by atoms with van der Waals surface area (Å²) in [4.78, 5) is 12.4. The monoisotopic (exact) mass is 576 g/mol. The molecule has 226 valence electrons. The fraction of sp³-hybridized carbons (Fsp3) is 0.559. The van der Waals surface area contributed by atoms with E-state index >= 15 is 0 Å². The van der Waals surface area contributed by atoms with Crippen LogP contribution in [0.2, 0.25) is 0 Å². The Morgan fingerprint density at radius 2 is 1.52 bits per heavy atom. The van der Waals surface area contributed by atoms with Gasteiger partial charge in [0.05, 0.1) is 32.5 Å². The van der Waals surface area contributed by atoms with E-state index in [1.807, 2.05) is 6.07 Å². The molecule has 2 unspecified atom stereocenters. The van der Waals surface area contributed by atoms with Crippen molar-refractivity contribution in [3.8, 4) is 0 Å². The van der Waals surface area contributed by atoms with E-state index in [2.05, 4.69) is 65.2 Å². The molecule has 0 bridgehead atoms. The number of halogens is 1. The highest BCUT2D eigenvalue weighted by molar-refractivity contribution is 5.44. The van der Waals surface area contributed by atoms with Crippen LogP contribution >= 0.6 is 0 Å². The molecule has 1 saturated carbocycles. The van der Waals surface area contributed by atoms with E-state index in [0.717, 1.165) is 94.5 Å². The van der Waals surface area contributed by atoms with Crippen molar-refractivity contribution in [2.75, 3.05) is 71.6 Å². The van der Waals surface area contributed by atoms with Crippen LogP contribution in [0.5, 0.6) is 0 Å². The molecule has 3 fully saturated rings. The van der Waals surface area contributed by atoms with Gasteiger partial charge in [-0.25, -0.2) is 9.37 Å². The zero-order valence-corrected chi connectivity index (χ0v) is 25.1. The molecule has 3 aliphatic rings. The van der Waals surface area contributed by atoms with E-state index in [9.17, 15) is 4.39 Å². The van der Waals surface area contributed by atoms with Crippen molar-refractivity contribution in [2.45, 2.75) is 44.2 Å². The number of hydrogen-bond acceptors (Lipinski definition) is 7. The maximum Gasteiger partial charge on any atom is 0.220 e. The number of hydrogen-bond donors (Lipinski definition) is 0. The number of rotatable bonds is 9. The van der Waals surface area contributed by atoms with Gasteiger partial charge in [-0.1, -0.05) is 42.5 Å². The molecule has 42 heavy (non-hydrogen) atoms. The van der Waals surface area contributed by atoms with E-state index in [1.165, 1.54) is 11.6 Å². The van der Waals surface area contributed by atoms with E-state index in [1.54, 1.807) is 6.07 Å². The summed E-state index contributed by atoms with van der Waals surface area (Å²) in [5.41, 5.74) is 3.33.